The van der Waals surface area contributed by atoms with E-state index in [-0.39, 0.29) is 12.0 Å². The van der Waals surface area contributed by atoms with Crippen LogP contribution in [0, 0.1) is 0 Å². The largest absolute Gasteiger partial charge is 0.468 e. The summed E-state index contributed by atoms with van der Waals surface area (Å²) in [5, 5.41) is 0. The number of halogens is 1. The molecule has 88 valence electrons. The Balaban J connectivity index is 2.68. The third kappa shape index (κ3) is 3.32. The summed E-state index contributed by atoms with van der Waals surface area (Å²) >= 11 is 3.49. The minimum absolute atomic E-state index is 0.213. The van der Waals surface area contributed by atoms with Crippen LogP contribution < -0.4 is 0 Å². The van der Waals surface area contributed by atoms with Crippen LogP contribution in [0.25, 0.3) is 0 Å². The lowest BCUT2D eigenvalue weighted by atomic mass is 10.2. The van der Waals surface area contributed by atoms with Crippen molar-refractivity contribution in [2.45, 2.75) is 19.5 Å². The molecule has 3 nitrogen and oxygen atoms in total. The number of carbonyl (C=O) groups is 1. The molecule has 4 heteroatoms. The molecule has 0 N–H and O–H groups in total. The van der Waals surface area contributed by atoms with Gasteiger partial charge in [-0.1, -0.05) is 34.1 Å². The molecule has 0 heterocycles. The summed E-state index contributed by atoms with van der Waals surface area (Å²) in [6.45, 7) is 2.54. The first-order valence-electron chi connectivity index (χ1n) is 5.07. The number of nitrogens with zero attached hydrogens (tertiary/aromatic N) is 1. The van der Waals surface area contributed by atoms with Crippen LogP contribution in [0.5, 0.6) is 0 Å². The molecule has 1 atom stereocenters. The molecule has 1 unspecified atom stereocenters. The molecule has 16 heavy (non-hydrogen) atoms. The van der Waals surface area contributed by atoms with E-state index in [1.54, 1.807) is 0 Å². The molecule has 0 aromatic heterocycles. The number of hydrogen-bond donors (Lipinski definition) is 0. The zero-order chi connectivity index (χ0) is 12.1. The lowest BCUT2D eigenvalue weighted by molar-refractivity contribution is -0.145. The maximum Gasteiger partial charge on any atom is 0.322 e. The summed E-state index contributed by atoms with van der Waals surface area (Å²) in [4.78, 5) is 13.3. The Morgan fingerprint density at radius 3 is 2.69 bits per heavy atom. The number of ether oxygens (including phenoxy) is 1. The van der Waals surface area contributed by atoms with Crippen LogP contribution >= 0.6 is 15.9 Å². The van der Waals surface area contributed by atoms with Crippen molar-refractivity contribution in [1.82, 2.24) is 4.90 Å². The summed E-state index contributed by atoms with van der Waals surface area (Å²) < 4.78 is 5.76. The number of likely N-dealkylation sites (N-methyl/N-ethyl adjacent to an activating group) is 1. The Bertz CT molecular complexity index is 368. The van der Waals surface area contributed by atoms with Gasteiger partial charge < -0.3 is 4.74 Å². The highest BCUT2D eigenvalue weighted by atomic mass is 79.9. The van der Waals surface area contributed by atoms with Crippen LogP contribution in [0.15, 0.2) is 28.7 Å². The molecule has 1 aromatic rings. The van der Waals surface area contributed by atoms with Crippen LogP contribution in [0.1, 0.15) is 12.5 Å². The number of hydrogen-bond acceptors (Lipinski definition) is 3. The maximum absolute atomic E-state index is 11.4. The number of carbonyl (C=O) groups excluding carboxylic acids is 1. The Morgan fingerprint density at radius 2 is 2.12 bits per heavy atom. The number of rotatable bonds is 4. The second-order valence-corrected chi connectivity index (χ2v) is 4.56. The number of esters is 1. The molecule has 1 aromatic carbocycles. The third-order valence-electron chi connectivity index (χ3n) is 2.58. The normalized spacial score (nSPS) is 12.6. The van der Waals surface area contributed by atoms with Crippen molar-refractivity contribution in [3.05, 3.63) is 34.3 Å². The zero-order valence-electron chi connectivity index (χ0n) is 9.74. The fraction of sp³-hybridized carbons (Fsp3) is 0.417. The zero-order valence-corrected chi connectivity index (χ0v) is 11.3. The summed E-state index contributed by atoms with van der Waals surface area (Å²) in [5.74, 6) is -0.213. The van der Waals surface area contributed by atoms with Gasteiger partial charge >= 0.3 is 5.97 Å². The van der Waals surface area contributed by atoms with Crippen LogP contribution in [-0.2, 0) is 16.1 Å². The minimum Gasteiger partial charge on any atom is -0.468 e. The van der Waals surface area contributed by atoms with E-state index >= 15 is 0 Å². The molecule has 0 fully saturated rings. The molecular weight excluding hydrogens is 270 g/mol. The molecular formula is C12H16BrNO2. The molecule has 0 bridgehead atoms. The van der Waals surface area contributed by atoms with Crippen LogP contribution in [0.2, 0.25) is 0 Å². The molecule has 1 rings (SSSR count). The van der Waals surface area contributed by atoms with Gasteiger partial charge in [-0.25, -0.2) is 0 Å². The van der Waals surface area contributed by atoms with Gasteiger partial charge in [0.2, 0.25) is 0 Å². The Hall–Kier alpha value is -0.870. The summed E-state index contributed by atoms with van der Waals surface area (Å²) in [6, 6.07) is 7.74. The summed E-state index contributed by atoms with van der Waals surface area (Å²) in [6.07, 6.45) is 0. The van der Waals surface area contributed by atoms with Crippen LogP contribution in [-0.4, -0.2) is 31.1 Å². The Kier molecular flexibility index (Phi) is 4.96. The van der Waals surface area contributed by atoms with Gasteiger partial charge in [-0.15, -0.1) is 0 Å². The quantitative estimate of drug-likeness (QED) is 0.796. The van der Waals surface area contributed by atoms with Gasteiger partial charge in [0, 0.05) is 11.0 Å². The predicted octanol–water partition coefficient (Wildman–Crippen LogP) is 2.44. The molecule has 0 radical (unpaired) electrons. The molecule has 0 saturated heterocycles. The van der Waals surface area contributed by atoms with Crippen molar-refractivity contribution in [1.29, 1.82) is 0 Å². The van der Waals surface area contributed by atoms with E-state index in [1.165, 1.54) is 7.11 Å². The Labute approximate surface area is 105 Å². The lowest BCUT2D eigenvalue weighted by Crippen LogP contribution is -2.36. The first kappa shape index (κ1) is 13.2. The lowest BCUT2D eigenvalue weighted by Gasteiger charge is -2.22. The van der Waals surface area contributed by atoms with Gasteiger partial charge in [-0.3, -0.25) is 9.69 Å². The predicted molar refractivity (Wildman–Crippen MR) is 67.1 cm³/mol. The van der Waals surface area contributed by atoms with Gasteiger partial charge in [0.05, 0.1) is 7.11 Å². The second kappa shape index (κ2) is 6.01. The number of methoxy groups -OCH3 is 1. The maximum atomic E-state index is 11.4. The van der Waals surface area contributed by atoms with Crippen molar-refractivity contribution in [3.8, 4) is 0 Å². The van der Waals surface area contributed by atoms with Gasteiger partial charge in [-0.2, -0.15) is 0 Å². The van der Waals surface area contributed by atoms with Crippen molar-refractivity contribution in [2.75, 3.05) is 14.2 Å². The van der Waals surface area contributed by atoms with E-state index in [0.717, 1.165) is 10.0 Å². The van der Waals surface area contributed by atoms with Crippen molar-refractivity contribution in [3.63, 3.8) is 0 Å². The summed E-state index contributed by atoms with van der Waals surface area (Å²) in [7, 11) is 3.31. The summed E-state index contributed by atoms with van der Waals surface area (Å²) in [5.41, 5.74) is 1.15. The second-order valence-electron chi connectivity index (χ2n) is 3.71. The Morgan fingerprint density at radius 1 is 1.50 bits per heavy atom. The SMILES string of the molecule is COC(=O)C(C)N(C)Cc1ccccc1Br. The molecule has 0 spiro atoms. The molecule has 0 amide bonds. The molecule has 0 saturated carbocycles. The minimum atomic E-state index is -0.239. The number of benzene rings is 1. The van der Waals surface area contributed by atoms with Gasteiger partial charge in [0.25, 0.3) is 0 Å². The third-order valence-corrected chi connectivity index (χ3v) is 3.35. The standard InChI is InChI=1S/C12H16BrNO2/c1-9(12(15)16-3)14(2)8-10-6-4-5-7-11(10)13/h4-7,9H,8H2,1-3H3. The van der Waals surface area contributed by atoms with E-state index in [0.29, 0.717) is 6.54 Å². The van der Waals surface area contributed by atoms with Gasteiger partial charge in [0.15, 0.2) is 0 Å². The van der Waals surface area contributed by atoms with E-state index in [9.17, 15) is 4.79 Å². The van der Waals surface area contributed by atoms with Crippen LogP contribution in [0.4, 0.5) is 0 Å². The highest BCUT2D eigenvalue weighted by Gasteiger charge is 2.18. The fourth-order valence-corrected chi connectivity index (χ4v) is 1.79. The van der Waals surface area contributed by atoms with Crippen LogP contribution in [0.3, 0.4) is 0 Å². The fourth-order valence-electron chi connectivity index (χ4n) is 1.38. The first-order chi connectivity index (χ1) is 7.56. The van der Waals surface area contributed by atoms with E-state index < -0.39 is 0 Å². The smallest absolute Gasteiger partial charge is 0.322 e. The van der Waals surface area contributed by atoms with Crippen molar-refractivity contribution >= 4 is 21.9 Å². The highest BCUT2D eigenvalue weighted by Crippen LogP contribution is 2.18. The monoisotopic (exact) mass is 285 g/mol. The van der Waals surface area contributed by atoms with Crippen molar-refractivity contribution in [2.24, 2.45) is 0 Å². The topological polar surface area (TPSA) is 29.5 Å². The molecule has 0 aliphatic rings. The highest BCUT2D eigenvalue weighted by molar-refractivity contribution is 9.10. The van der Waals surface area contributed by atoms with Gasteiger partial charge in [-0.05, 0) is 25.6 Å². The van der Waals surface area contributed by atoms with E-state index in [2.05, 4.69) is 15.9 Å². The molecule has 0 aliphatic carbocycles. The van der Waals surface area contributed by atoms with E-state index in [1.807, 2.05) is 43.1 Å². The average molecular weight is 286 g/mol. The average Bonchev–Trinajstić information content (AvgIpc) is 2.30. The first-order valence-corrected chi connectivity index (χ1v) is 5.87. The van der Waals surface area contributed by atoms with Crippen molar-refractivity contribution < 1.29 is 9.53 Å². The van der Waals surface area contributed by atoms with Gasteiger partial charge in [0.1, 0.15) is 6.04 Å². The molecule has 0 aliphatic heterocycles. The van der Waals surface area contributed by atoms with E-state index in [4.69, 9.17) is 4.74 Å².